The molecule has 0 bridgehead atoms. The number of hydrogen-bond acceptors (Lipinski definition) is 6. The summed E-state index contributed by atoms with van der Waals surface area (Å²) >= 11 is 4.41. The molecule has 0 radical (unpaired) electrons. The first kappa shape index (κ1) is 20.4. The summed E-state index contributed by atoms with van der Waals surface area (Å²) in [5.74, 6) is -0.993. The molecule has 1 unspecified atom stereocenters. The predicted molar refractivity (Wildman–Crippen MR) is 95.4 cm³/mol. The molecule has 1 atom stereocenters. The summed E-state index contributed by atoms with van der Waals surface area (Å²) in [4.78, 5) is 36.2. The molecule has 0 aliphatic rings. The lowest BCUT2D eigenvalue weighted by molar-refractivity contribution is -0.118. The molecule has 0 saturated heterocycles. The number of methoxy groups -OCH3 is 1. The number of nitrogens with one attached hydrogen (secondary N) is 2. The van der Waals surface area contributed by atoms with Crippen molar-refractivity contribution in [3.8, 4) is 0 Å². The molecule has 1 rings (SSSR count). The second-order valence-corrected chi connectivity index (χ2v) is 8.31. The highest BCUT2D eigenvalue weighted by atomic mass is 79.9. The molecule has 0 aliphatic heterocycles. The second-order valence-electron chi connectivity index (χ2n) is 5.88. The number of carbonyl (C=O) groups excluding carboxylic acids is 3. The Balaban J connectivity index is 2.81. The van der Waals surface area contributed by atoms with Crippen molar-refractivity contribution in [2.75, 3.05) is 12.4 Å². The van der Waals surface area contributed by atoms with Gasteiger partial charge in [-0.25, -0.2) is 9.59 Å². The summed E-state index contributed by atoms with van der Waals surface area (Å²) in [5, 5.41) is 5.15. The minimum absolute atomic E-state index is 0.268. The number of thiophene rings is 1. The van der Waals surface area contributed by atoms with Crippen LogP contribution in [0.3, 0.4) is 0 Å². The highest BCUT2D eigenvalue weighted by Crippen LogP contribution is 2.32. The van der Waals surface area contributed by atoms with E-state index in [0.29, 0.717) is 15.9 Å². The van der Waals surface area contributed by atoms with Crippen molar-refractivity contribution in [2.45, 2.75) is 45.8 Å². The van der Waals surface area contributed by atoms with Gasteiger partial charge in [0.25, 0.3) is 0 Å². The van der Waals surface area contributed by atoms with Crippen LogP contribution in [0.4, 0.5) is 10.5 Å². The highest BCUT2D eigenvalue weighted by molar-refractivity contribution is 9.11. The minimum Gasteiger partial charge on any atom is -0.465 e. The van der Waals surface area contributed by atoms with E-state index in [-0.39, 0.29) is 4.88 Å². The molecule has 0 saturated carbocycles. The van der Waals surface area contributed by atoms with Crippen molar-refractivity contribution in [1.82, 2.24) is 5.32 Å². The maximum Gasteiger partial charge on any atom is 0.408 e. The van der Waals surface area contributed by atoms with Gasteiger partial charge >= 0.3 is 12.1 Å². The van der Waals surface area contributed by atoms with E-state index in [0.717, 1.165) is 11.3 Å². The summed E-state index contributed by atoms with van der Waals surface area (Å²) in [7, 11) is 1.26. The third kappa shape index (κ3) is 6.12. The number of carbonyl (C=O) groups is 3. The summed E-state index contributed by atoms with van der Waals surface area (Å²) in [6.07, 6.45) is -0.312. The smallest absolute Gasteiger partial charge is 0.408 e. The maximum atomic E-state index is 12.4. The van der Waals surface area contributed by atoms with E-state index < -0.39 is 29.6 Å². The van der Waals surface area contributed by atoms with Crippen LogP contribution in [0.1, 0.15) is 43.8 Å². The van der Waals surface area contributed by atoms with Crippen LogP contribution >= 0.6 is 27.3 Å². The number of anilines is 1. The lowest BCUT2D eigenvalue weighted by Gasteiger charge is -2.22. The van der Waals surface area contributed by atoms with E-state index in [2.05, 4.69) is 31.3 Å². The van der Waals surface area contributed by atoms with Gasteiger partial charge in [0, 0.05) is 0 Å². The molecule has 134 valence electrons. The van der Waals surface area contributed by atoms with Crippen LogP contribution in [0.15, 0.2) is 9.85 Å². The molecular formula is C15H21BrN2O5S. The van der Waals surface area contributed by atoms with Crippen LogP contribution in [0, 0.1) is 0 Å². The van der Waals surface area contributed by atoms with Crippen LogP contribution < -0.4 is 10.6 Å². The zero-order valence-corrected chi connectivity index (χ0v) is 16.6. The zero-order chi connectivity index (χ0) is 18.5. The van der Waals surface area contributed by atoms with Gasteiger partial charge in [-0.15, -0.1) is 11.3 Å². The van der Waals surface area contributed by atoms with Crippen LogP contribution in [0.5, 0.6) is 0 Å². The van der Waals surface area contributed by atoms with E-state index in [1.165, 1.54) is 7.11 Å². The Labute approximate surface area is 153 Å². The number of halogens is 1. The van der Waals surface area contributed by atoms with Crippen LogP contribution in [-0.4, -0.2) is 36.7 Å². The lowest BCUT2D eigenvalue weighted by atomic mass is 10.2. The van der Waals surface area contributed by atoms with E-state index in [9.17, 15) is 14.4 Å². The van der Waals surface area contributed by atoms with Gasteiger partial charge in [0.1, 0.15) is 16.5 Å². The van der Waals surface area contributed by atoms with Gasteiger partial charge in [0.2, 0.25) is 5.91 Å². The lowest BCUT2D eigenvalue weighted by Crippen LogP contribution is -2.45. The summed E-state index contributed by atoms with van der Waals surface area (Å²) in [6, 6.07) is 0.818. The Hall–Kier alpha value is -1.61. The molecule has 24 heavy (non-hydrogen) atoms. The molecular weight excluding hydrogens is 400 g/mol. The molecule has 7 nitrogen and oxygen atoms in total. The molecule has 0 spiro atoms. The van der Waals surface area contributed by atoms with E-state index in [1.54, 1.807) is 33.8 Å². The number of ether oxygens (including phenoxy) is 2. The van der Waals surface area contributed by atoms with Crippen LogP contribution in [0.2, 0.25) is 0 Å². The Morgan fingerprint density at radius 3 is 2.46 bits per heavy atom. The predicted octanol–water partition coefficient (Wildman–Crippen LogP) is 3.54. The normalized spacial score (nSPS) is 12.2. The van der Waals surface area contributed by atoms with E-state index >= 15 is 0 Å². The molecule has 9 heteroatoms. The highest BCUT2D eigenvalue weighted by Gasteiger charge is 2.25. The summed E-state index contributed by atoms with van der Waals surface area (Å²) in [5.41, 5.74) is -0.331. The molecule has 1 heterocycles. The average Bonchev–Trinajstić information content (AvgIpc) is 2.82. The fraction of sp³-hybridized carbons (Fsp3) is 0.533. The third-order valence-electron chi connectivity index (χ3n) is 2.75. The van der Waals surface area contributed by atoms with Crippen molar-refractivity contribution >= 4 is 50.9 Å². The van der Waals surface area contributed by atoms with Crippen molar-refractivity contribution < 1.29 is 23.9 Å². The van der Waals surface area contributed by atoms with Gasteiger partial charge in [-0.05, 0) is 49.2 Å². The van der Waals surface area contributed by atoms with Crippen molar-refractivity contribution in [3.63, 3.8) is 0 Å². The quantitative estimate of drug-likeness (QED) is 0.710. The Kier molecular flexibility index (Phi) is 7.22. The second kappa shape index (κ2) is 8.48. The standard InChI is InChI=1S/C15H21BrN2O5S/c1-6-8(18-14(21)23-15(2,3)4)12(19)17-9-7-10(16)24-11(9)13(20)22-5/h7-8H,6H2,1-5H3,(H,17,19)(H,18,21). The minimum atomic E-state index is -0.788. The van der Waals surface area contributed by atoms with Gasteiger partial charge in [-0.1, -0.05) is 6.92 Å². The Morgan fingerprint density at radius 1 is 1.33 bits per heavy atom. The van der Waals surface area contributed by atoms with Gasteiger partial charge in [-0.3, -0.25) is 4.79 Å². The molecule has 2 amide bonds. The molecule has 1 aromatic heterocycles. The number of rotatable bonds is 5. The van der Waals surface area contributed by atoms with Crippen molar-refractivity contribution in [3.05, 3.63) is 14.7 Å². The number of alkyl carbamates (subject to hydrolysis) is 1. The van der Waals surface area contributed by atoms with Gasteiger partial charge in [0.05, 0.1) is 16.6 Å². The first-order valence-electron chi connectivity index (χ1n) is 7.25. The van der Waals surface area contributed by atoms with Crippen LogP contribution in [0.25, 0.3) is 0 Å². The number of amides is 2. The molecule has 0 aliphatic carbocycles. The SMILES string of the molecule is CCC(NC(=O)OC(C)(C)C)C(=O)Nc1cc(Br)sc1C(=O)OC. The number of hydrogen-bond donors (Lipinski definition) is 2. The van der Waals surface area contributed by atoms with E-state index in [1.807, 2.05) is 0 Å². The molecule has 2 N–H and O–H groups in total. The largest absolute Gasteiger partial charge is 0.465 e. The first-order valence-corrected chi connectivity index (χ1v) is 8.86. The first-order chi connectivity index (χ1) is 11.1. The van der Waals surface area contributed by atoms with Gasteiger partial charge in [0.15, 0.2) is 0 Å². The average molecular weight is 421 g/mol. The number of esters is 1. The van der Waals surface area contributed by atoms with Crippen molar-refractivity contribution in [2.24, 2.45) is 0 Å². The monoisotopic (exact) mass is 420 g/mol. The van der Waals surface area contributed by atoms with Gasteiger partial charge < -0.3 is 20.1 Å². The molecule has 1 aromatic rings. The zero-order valence-electron chi connectivity index (χ0n) is 14.2. The summed E-state index contributed by atoms with van der Waals surface area (Å²) in [6.45, 7) is 6.96. The molecule has 0 aromatic carbocycles. The Morgan fingerprint density at radius 2 is 1.96 bits per heavy atom. The third-order valence-corrected chi connectivity index (χ3v) is 4.36. The fourth-order valence-electron chi connectivity index (χ4n) is 1.72. The Bertz CT molecular complexity index is 624. The van der Waals surface area contributed by atoms with Gasteiger partial charge in [-0.2, -0.15) is 0 Å². The van der Waals surface area contributed by atoms with Crippen LogP contribution in [-0.2, 0) is 14.3 Å². The summed E-state index contributed by atoms with van der Waals surface area (Å²) < 4.78 is 10.5. The van der Waals surface area contributed by atoms with E-state index in [4.69, 9.17) is 4.74 Å². The molecule has 0 fully saturated rings. The topological polar surface area (TPSA) is 93.7 Å². The van der Waals surface area contributed by atoms with Crippen molar-refractivity contribution in [1.29, 1.82) is 0 Å². The fourth-order valence-corrected chi connectivity index (χ4v) is 3.19. The maximum absolute atomic E-state index is 12.4.